The lowest BCUT2D eigenvalue weighted by Crippen LogP contribution is -1.87. The zero-order chi connectivity index (χ0) is 9.97. The molecule has 0 spiro atoms. The number of fused-ring (bicyclic) bond motifs is 1. The molecule has 2 rings (SSSR count). The van der Waals surface area contributed by atoms with Gasteiger partial charge in [-0.05, 0) is 30.5 Å². The Morgan fingerprint density at radius 1 is 1.29 bits per heavy atom. The van der Waals surface area contributed by atoms with Crippen LogP contribution in [0.25, 0.3) is 10.9 Å². The summed E-state index contributed by atoms with van der Waals surface area (Å²) in [7, 11) is 0. The van der Waals surface area contributed by atoms with E-state index in [1.54, 1.807) is 12.1 Å². The van der Waals surface area contributed by atoms with Gasteiger partial charge in [0.25, 0.3) is 0 Å². The fourth-order valence-electron chi connectivity index (χ4n) is 1.65. The molecule has 0 fully saturated rings. The van der Waals surface area contributed by atoms with Gasteiger partial charge in [0.2, 0.25) is 0 Å². The van der Waals surface area contributed by atoms with E-state index in [9.17, 15) is 5.11 Å². The van der Waals surface area contributed by atoms with E-state index >= 15 is 0 Å². The summed E-state index contributed by atoms with van der Waals surface area (Å²) in [5, 5.41) is 19.1. The normalized spacial score (nSPS) is 10.9. The summed E-state index contributed by atoms with van der Waals surface area (Å²) in [4.78, 5) is 3.10. The summed E-state index contributed by atoms with van der Waals surface area (Å²) in [6.45, 7) is 0.213. The second-order valence-corrected chi connectivity index (χ2v) is 3.37. The molecule has 0 saturated carbocycles. The van der Waals surface area contributed by atoms with E-state index in [1.807, 2.05) is 12.3 Å². The van der Waals surface area contributed by atoms with Crippen LogP contribution in [0.3, 0.4) is 0 Å². The highest BCUT2D eigenvalue weighted by Gasteiger charge is 2.03. The minimum absolute atomic E-state index is 0.213. The number of H-pyrrole nitrogens is 1. The molecule has 0 atom stereocenters. The number of rotatable bonds is 3. The highest BCUT2D eigenvalue weighted by molar-refractivity contribution is 5.84. The number of aromatic amines is 1. The molecular formula is C11H13NO2. The third-order valence-corrected chi connectivity index (χ3v) is 2.36. The quantitative estimate of drug-likeness (QED) is 0.692. The molecule has 0 aliphatic carbocycles. The molecule has 3 nitrogen and oxygen atoms in total. The van der Waals surface area contributed by atoms with Gasteiger partial charge in [0.1, 0.15) is 5.75 Å². The van der Waals surface area contributed by atoms with Crippen molar-refractivity contribution in [3.63, 3.8) is 0 Å². The second kappa shape index (κ2) is 3.72. The monoisotopic (exact) mass is 191 g/mol. The van der Waals surface area contributed by atoms with Gasteiger partial charge in [0, 0.05) is 29.8 Å². The maximum Gasteiger partial charge on any atom is 0.117 e. The molecule has 0 aliphatic heterocycles. The van der Waals surface area contributed by atoms with E-state index < -0.39 is 0 Å². The van der Waals surface area contributed by atoms with Crippen LogP contribution in [-0.4, -0.2) is 21.8 Å². The molecule has 14 heavy (non-hydrogen) atoms. The van der Waals surface area contributed by atoms with Crippen molar-refractivity contribution in [1.29, 1.82) is 0 Å². The van der Waals surface area contributed by atoms with Crippen molar-refractivity contribution in [3.05, 3.63) is 30.0 Å². The van der Waals surface area contributed by atoms with Crippen molar-refractivity contribution < 1.29 is 10.2 Å². The minimum Gasteiger partial charge on any atom is -0.508 e. The van der Waals surface area contributed by atoms with Crippen LogP contribution in [-0.2, 0) is 6.42 Å². The highest BCUT2D eigenvalue weighted by atomic mass is 16.3. The lowest BCUT2D eigenvalue weighted by atomic mass is 10.1. The molecule has 0 saturated heterocycles. The van der Waals surface area contributed by atoms with Crippen LogP contribution < -0.4 is 0 Å². The molecule has 3 N–H and O–H groups in total. The predicted octanol–water partition coefficient (Wildman–Crippen LogP) is 1.80. The zero-order valence-electron chi connectivity index (χ0n) is 7.83. The van der Waals surface area contributed by atoms with Crippen LogP contribution in [0, 0.1) is 0 Å². The van der Waals surface area contributed by atoms with Crippen molar-refractivity contribution in [1.82, 2.24) is 4.98 Å². The summed E-state index contributed by atoms with van der Waals surface area (Å²) in [5.74, 6) is 0.271. The molecule has 3 heteroatoms. The summed E-state index contributed by atoms with van der Waals surface area (Å²) < 4.78 is 0. The van der Waals surface area contributed by atoms with E-state index in [0.717, 1.165) is 23.7 Å². The molecule has 0 aliphatic rings. The fourth-order valence-corrected chi connectivity index (χ4v) is 1.65. The van der Waals surface area contributed by atoms with Crippen molar-refractivity contribution in [2.45, 2.75) is 12.8 Å². The molecule has 1 aromatic carbocycles. The maximum absolute atomic E-state index is 9.26. The van der Waals surface area contributed by atoms with E-state index in [1.165, 1.54) is 5.56 Å². The Kier molecular flexibility index (Phi) is 2.41. The number of aliphatic hydroxyl groups excluding tert-OH is 1. The largest absolute Gasteiger partial charge is 0.508 e. The topological polar surface area (TPSA) is 56.2 Å². The average molecular weight is 191 g/mol. The van der Waals surface area contributed by atoms with Crippen LogP contribution in [0.2, 0.25) is 0 Å². The Morgan fingerprint density at radius 3 is 2.93 bits per heavy atom. The van der Waals surface area contributed by atoms with Gasteiger partial charge in [-0.15, -0.1) is 0 Å². The van der Waals surface area contributed by atoms with Crippen molar-refractivity contribution in [3.8, 4) is 5.75 Å². The number of phenols is 1. The van der Waals surface area contributed by atoms with Gasteiger partial charge in [0.15, 0.2) is 0 Å². The van der Waals surface area contributed by atoms with Gasteiger partial charge in [-0.25, -0.2) is 0 Å². The maximum atomic E-state index is 9.26. The van der Waals surface area contributed by atoms with Gasteiger partial charge < -0.3 is 15.2 Å². The number of aromatic nitrogens is 1. The van der Waals surface area contributed by atoms with E-state index in [-0.39, 0.29) is 12.4 Å². The first-order chi connectivity index (χ1) is 6.81. The standard InChI is InChI=1S/C11H13NO2/c13-5-1-2-8-7-12-11-6-9(14)3-4-10(8)11/h3-4,6-7,12-14H,1-2,5H2. The average Bonchev–Trinajstić information content (AvgIpc) is 2.57. The first-order valence-corrected chi connectivity index (χ1v) is 4.71. The number of aromatic hydroxyl groups is 1. The molecule has 1 aromatic heterocycles. The lowest BCUT2D eigenvalue weighted by molar-refractivity contribution is 0.289. The Balaban J connectivity index is 2.37. The predicted molar refractivity (Wildman–Crippen MR) is 55.4 cm³/mol. The summed E-state index contributed by atoms with van der Waals surface area (Å²) in [5.41, 5.74) is 2.13. The van der Waals surface area contributed by atoms with Gasteiger partial charge in [-0.3, -0.25) is 0 Å². The molecule has 0 amide bonds. The SMILES string of the molecule is OCCCc1c[nH]c2cc(O)ccc12. The molecule has 0 radical (unpaired) electrons. The van der Waals surface area contributed by atoms with Crippen LogP contribution in [0.5, 0.6) is 5.75 Å². The van der Waals surface area contributed by atoms with Gasteiger partial charge in [-0.1, -0.05) is 0 Å². The lowest BCUT2D eigenvalue weighted by Gasteiger charge is -1.97. The zero-order valence-corrected chi connectivity index (χ0v) is 7.83. The van der Waals surface area contributed by atoms with Gasteiger partial charge in [0.05, 0.1) is 0 Å². The fraction of sp³-hybridized carbons (Fsp3) is 0.273. The van der Waals surface area contributed by atoms with Crippen LogP contribution >= 0.6 is 0 Å². The summed E-state index contributed by atoms with van der Waals surface area (Å²) >= 11 is 0. The minimum atomic E-state index is 0.213. The van der Waals surface area contributed by atoms with E-state index in [2.05, 4.69) is 4.98 Å². The Morgan fingerprint density at radius 2 is 2.14 bits per heavy atom. The Labute approximate surface area is 82.0 Å². The van der Waals surface area contributed by atoms with E-state index in [0.29, 0.717) is 0 Å². The number of phenolic OH excluding ortho intramolecular Hbond substituents is 1. The van der Waals surface area contributed by atoms with Crippen molar-refractivity contribution in [2.75, 3.05) is 6.61 Å². The third-order valence-electron chi connectivity index (χ3n) is 2.36. The molecule has 0 bridgehead atoms. The molecule has 74 valence electrons. The van der Waals surface area contributed by atoms with Crippen molar-refractivity contribution >= 4 is 10.9 Å². The Hall–Kier alpha value is -1.48. The van der Waals surface area contributed by atoms with Gasteiger partial charge in [-0.2, -0.15) is 0 Å². The number of hydrogen-bond acceptors (Lipinski definition) is 2. The van der Waals surface area contributed by atoms with Crippen LogP contribution in [0.15, 0.2) is 24.4 Å². The first kappa shape index (κ1) is 9.09. The number of benzene rings is 1. The molecule has 1 heterocycles. The molecule has 0 unspecified atom stereocenters. The summed E-state index contributed by atoms with van der Waals surface area (Å²) in [6.07, 6.45) is 3.56. The Bertz CT molecular complexity index is 434. The second-order valence-electron chi connectivity index (χ2n) is 3.37. The summed E-state index contributed by atoms with van der Waals surface area (Å²) in [6, 6.07) is 5.28. The first-order valence-electron chi connectivity index (χ1n) is 4.71. The van der Waals surface area contributed by atoms with Crippen molar-refractivity contribution in [2.24, 2.45) is 0 Å². The third kappa shape index (κ3) is 1.59. The smallest absolute Gasteiger partial charge is 0.117 e. The number of aliphatic hydroxyl groups is 1. The van der Waals surface area contributed by atoms with Crippen LogP contribution in [0.4, 0.5) is 0 Å². The van der Waals surface area contributed by atoms with E-state index in [4.69, 9.17) is 5.11 Å². The number of hydrogen-bond donors (Lipinski definition) is 3. The molecule has 2 aromatic rings. The van der Waals surface area contributed by atoms with Crippen LogP contribution in [0.1, 0.15) is 12.0 Å². The molecular weight excluding hydrogens is 178 g/mol. The highest BCUT2D eigenvalue weighted by Crippen LogP contribution is 2.23. The van der Waals surface area contributed by atoms with Gasteiger partial charge >= 0.3 is 0 Å². The number of aryl methyl sites for hydroxylation is 1. The number of nitrogens with one attached hydrogen (secondary N) is 1.